The Morgan fingerprint density at radius 1 is 1.27 bits per heavy atom. The molecule has 0 saturated carbocycles. The number of nitro groups is 1. The van der Waals surface area contributed by atoms with Gasteiger partial charge in [0.05, 0.1) is 29.3 Å². The van der Waals surface area contributed by atoms with Crippen LogP contribution in [0.1, 0.15) is 43.4 Å². The van der Waals surface area contributed by atoms with Gasteiger partial charge < -0.3 is 9.67 Å². The Hall–Kier alpha value is -3.20. The summed E-state index contributed by atoms with van der Waals surface area (Å²) in [6.45, 7) is 4.48. The Kier molecular flexibility index (Phi) is 6.83. The van der Waals surface area contributed by atoms with Crippen molar-refractivity contribution in [2.24, 2.45) is 0 Å². The van der Waals surface area contributed by atoms with E-state index in [9.17, 15) is 14.9 Å². The lowest BCUT2D eigenvalue weighted by Crippen LogP contribution is -2.09. The number of pyridine rings is 1. The monoisotopic (exact) mass is 426 g/mol. The van der Waals surface area contributed by atoms with Gasteiger partial charge in [-0.1, -0.05) is 37.7 Å². The number of hydrogen-bond acceptors (Lipinski definition) is 6. The van der Waals surface area contributed by atoms with Crippen LogP contribution < -0.4 is 0 Å². The molecule has 9 heteroatoms. The Morgan fingerprint density at radius 2 is 2.07 bits per heavy atom. The number of carbonyl (C=O) groups is 1. The molecular formula is C21H22N4O4S. The maximum Gasteiger partial charge on any atom is 0.303 e. The predicted molar refractivity (Wildman–Crippen MR) is 113 cm³/mol. The van der Waals surface area contributed by atoms with Crippen LogP contribution in [-0.4, -0.2) is 30.5 Å². The van der Waals surface area contributed by atoms with E-state index >= 15 is 0 Å². The third kappa shape index (κ3) is 5.24. The molecule has 0 aliphatic rings. The average Bonchev–Trinajstić information content (AvgIpc) is 3.05. The molecule has 1 N–H and O–H groups in total. The quantitative estimate of drug-likeness (QED) is 0.395. The molecule has 0 unspecified atom stereocenters. The SMILES string of the molecule is CC(C)c1nc(CCC(=O)O)n(Cc2ccccn2)c1Sc1cccc([N+](=O)[O-])c1. The number of aryl methyl sites for hydroxylation is 1. The molecule has 1 aromatic carbocycles. The number of aliphatic carboxylic acids is 1. The third-order valence-corrected chi connectivity index (χ3v) is 5.54. The number of non-ortho nitro benzene ring substituents is 1. The zero-order valence-electron chi connectivity index (χ0n) is 16.7. The molecule has 8 nitrogen and oxygen atoms in total. The van der Waals surface area contributed by atoms with Crippen molar-refractivity contribution in [2.45, 2.75) is 49.1 Å². The standard InChI is InChI=1S/C21H22N4O4S/c1-14(2)20-21(30-17-8-5-7-16(12-17)25(28)29)24(13-15-6-3-4-11-22-15)18(23-20)9-10-19(26)27/h3-8,11-12,14H,9-10,13H2,1-2H3,(H,26,27). The fraction of sp³-hybridized carbons (Fsp3) is 0.286. The highest BCUT2D eigenvalue weighted by Crippen LogP contribution is 2.36. The second-order valence-corrected chi connectivity index (χ2v) is 8.09. The van der Waals surface area contributed by atoms with Crippen molar-refractivity contribution >= 4 is 23.4 Å². The van der Waals surface area contributed by atoms with Gasteiger partial charge in [0.25, 0.3) is 5.69 Å². The lowest BCUT2D eigenvalue weighted by atomic mass is 10.1. The number of hydrogen-bond donors (Lipinski definition) is 1. The van der Waals surface area contributed by atoms with Gasteiger partial charge in [-0.05, 0) is 24.1 Å². The van der Waals surface area contributed by atoms with Crippen LogP contribution in [0.5, 0.6) is 0 Å². The van der Waals surface area contributed by atoms with Crippen LogP contribution in [0.25, 0.3) is 0 Å². The summed E-state index contributed by atoms with van der Waals surface area (Å²) in [5, 5.41) is 21.1. The Balaban J connectivity index is 2.06. The molecule has 3 rings (SSSR count). The normalized spacial score (nSPS) is 11.0. The first-order valence-electron chi connectivity index (χ1n) is 9.48. The molecule has 30 heavy (non-hydrogen) atoms. The fourth-order valence-corrected chi connectivity index (χ4v) is 4.20. The lowest BCUT2D eigenvalue weighted by molar-refractivity contribution is -0.385. The van der Waals surface area contributed by atoms with Crippen LogP contribution in [0.2, 0.25) is 0 Å². The number of carboxylic acids is 1. The minimum atomic E-state index is -0.888. The van der Waals surface area contributed by atoms with Crippen molar-refractivity contribution in [2.75, 3.05) is 0 Å². The van der Waals surface area contributed by atoms with Crippen LogP contribution >= 0.6 is 11.8 Å². The number of carboxylic acid groups (broad SMARTS) is 1. The summed E-state index contributed by atoms with van der Waals surface area (Å²) < 4.78 is 1.98. The molecule has 2 aromatic heterocycles. The smallest absolute Gasteiger partial charge is 0.303 e. The van der Waals surface area contributed by atoms with Crippen LogP contribution in [0.4, 0.5) is 5.69 Å². The van der Waals surface area contributed by atoms with Gasteiger partial charge in [-0.3, -0.25) is 19.9 Å². The van der Waals surface area contributed by atoms with Gasteiger partial charge in [-0.2, -0.15) is 0 Å². The highest BCUT2D eigenvalue weighted by molar-refractivity contribution is 7.99. The first kappa shape index (κ1) is 21.5. The van der Waals surface area contributed by atoms with E-state index in [1.807, 2.05) is 42.7 Å². The van der Waals surface area contributed by atoms with E-state index in [0.29, 0.717) is 12.4 Å². The fourth-order valence-electron chi connectivity index (χ4n) is 2.98. The number of aromatic nitrogens is 3. The number of benzene rings is 1. The zero-order valence-corrected chi connectivity index (χ0v) is 17.5. The molecule has 0 aliphatic heterocycles. The summed E-state index contributed by atoms with van der Waals surface area (Å²) in [6.07, 6.45) is 1.97. The second-order valence-electron chi connectivity index (χ2n) is 7.03. The molecule has 2 heterocycles. The van der Waals surface area contributed by atoms with Crippen molar-refractivity contribution < 1.29 is 14.8 Å². The minimum Gasteiger partial charge on any atom is -0.481 e. The molecule has 0 aliphatic carbocycles. The topological polar surface area (TPSA) is 111 Å². The van der Waals surface area contributed by atoms with E-state index in [1.54, 1.807) is 12.3 Å². The van der Waals surface area contributed by atoms with Gasteiger partial charge in [0, 0.05) is 29.6 Å². The largest absolute Gasteiger partial charge is 0.481 e. The van der Waals surface area contributed by atoms with E-state index in [4.69, 9.17) is 10.1 Å². The maximum absolute atomic E-state index is 11.2. The van der Waals surface area contributed by atoms with E-state index < -0.39 is 10.9 Å². The van der Waals surface area contributed by atoms with E-state index in [0.717, 1.165) is 21.3 Å². The number of nitrogens with zero attached hydrogens (tertiary/aromatic N) is 4. The first-order chi connectivity index (χ1) is 14.3. The van der Waals surface area contributed by atoms with Gasteiger partial charge in [-0.25, -0.2) is 4.98 Å². The highest BCUT2D eigenvalue weighted by Gasteiger charge is 2.22. The summed E-state index contributed by atoms with van der Waals surface area (Å²) in [5.74, 6) is -0.124. The summed E-state index contributed by atoms with van der Waals surface area (Å²) >= 11 is 1.40. The van der Waals surface area contributed by atoms with Crippen molar-refractivity contribution in [3.63, 3.8) is 0 Å². The molecule has 156 valence electrons. The molecular weight excluding hydrogens is 404 g/mol. The first-order valence-corrected chi connectivity index (χ1v) is 10.3. The van der Waals surface area contributed by atoms with Crippen LogP contribution in [-0.2, 0) is 17.8 Å². The molecule has 0 amide bonds. The van der Waals surface area contributed by atoms with Gasteiger partial charge in [0.1, 0.15) is 10.9 Å². The van der Waals surface area contributed by atoms with Crippen LogP contribution in [0, 0.1) is 10.1 Å². The van der Waals surface area contributed by atoms with Gasteiger partial charge in [-0.15, -0.1) is 0 Å². The molecule has 0 bridgehead atoms. The number of imidazole rings is 1. The highest BCUT2D eigenvalue weighted by atomic mass is 32.2. The van der Waals surface area contributed by atoms with E-state index in [2.05, 4.69) is 4.98 Å². The minimum absolute atomic E-state index is 0.0213. The Bertz CT molecular complexity index is 1050. The van der Waals surface area contributed by atoms with Crippen molar-refractivity contribution in [1.29, 1.82) is 0 Å². The van der Waals surface area contributed by atoms with Gasteiger partial charge in [0.2, 0.25) is 0 Å². The lowest BCUT2D eigenvalue weighted by Gasteiger charge is -2.13. The van der Waals surface area contributed by atoms with Crippen LogP contribution in [0.3, 0.4) is 0 Å². The van der Waals surface area contributed by atoms with Gasteiger partial charge in [0.15, 0.2) is 0 Å². The molecule has 0 fully saturated rings. The summed E-state index contributed by atoms with van der Waals surface area (Å²) in [7, 11) is 0. The second kappa shape index (κ2) is 9.53. The van der Waals surface area contributed by atoms with Crippen molar-refractivity contribution in [1.82, 2.24) is 14.5 Å². The number of nitro benzene ring substituents is 1. The van der Waals surface area contributed by atoms with E-state index in [-0.39, 0.29) is 24.4 Å². The van der Waals surface area contributed by atoms with Crippen LogP contribution in [0.15, 0.2) is 58.6 Å². The average molecular weight is 426 g/mol. The maximum atomic E-state index is 11.2. The van der Waals surface area contributed by atoms with Crippen molar-refractivity contribution in [3.05, 3.63) is 76.0 Å². The zero-order chi connectivity index (χ0) is 21.7. The third-order valence-electron chi connectivity index (χ3n) is 4.42. The summed E-state index contributed by atoms with van der Waals surface area (Å²) in [6, 6.07) is 12.1. The molecule has 0 saturated heterocycles. The molecule has 0 atom stereocenters. The van der Waals surface area contributed by atoms with Crippen molar-refractivity contribution in [3.8, 4) is 0 Å². The summed E-state index contributed by atoms with van der Waals surface area (Å²) in [5.41, 5.74) is 1.68. The Labute approximate surface area is 178 Å². The number of rotatable bonds is 9. The van der Waals surface area contributed by atoms with E-state index in [1.165, 1.54) is 23.9 Å². The predicted octanol–water partition coefficient (Wildman–Crippen LogP) is 4.53. The molecule has 3 aromatic rings. The Morgan fingerprint density at radius 3 is 2.70 bits per heavy atom. The van der Waals surface area contributed by atoms with Gasteiger partial charge >= 0.3 is 5.97 Å². The summed E-state index contributed by atoms with van der Waals surface area (Å²) in [4.78, 5) is 31.7. The molecule has 0 radical (unpaired) electrons. The molecule has 0 spiro atoms.